The zero-order valence-corrected chi connectivity index (χ0v) is 13.9. The van der Waals surface area contributed by atoms with E-state index >= 15 is 0 Å². The van der Waals surface area contributed by atoms with E-state index < -0.39 is 23.7 Å². The largest absolute Gasteiger partial charge is 0.457 e. The Balaban J connectivity index is 1.54. The van der Waals surface area contributed by atoms with Crippen molar-refractivity contribution in [2.75, 3.05) is 10.3 Å². The molecule has 0 saturated carbocycles. The van der Waals surface area contributed by atoms with Crippen LogP contribution >= 0.6 is 0 Å². The molecule has 2 aromatic rings. The average molecular weight is 349 g/mol. The van der Waals surface area contributed by atoms with Crippen LogP contribution in [0.2, 0.25) is 0 Å². The number of anilines is 2. The van der Waals surface area contributed by atoms with E-state index in [1.54, 1.807) is 49.4 Å². The number of benzene rings is 2. The van der Waals surface area contributed by atoms with E-state index in [-0.39, 0.29) is 6.61 Å². The van der Waals surface area contributed by atoms with Gasteiger partial charge in [0.25, 0.3) is 5.91 Å². The molecular formula is C19H15N3O4. The molecule has 0 spiro atoms. The highest BCUT2D eigenvalue weighted by molar-refractivity contribution is 6.28. The van der Waals surface area contributed by atoms with E-state index in [1.165, 1.54) is 5.01 Å². The summed E-state index contributed by atoms with van der Waals surface area (Å²) in [5.74, 6) is -2.32. The quantitative estimate of drug-likeness (QED) is 0.680. The van der Waals surface area contributed by atoms with Crippen LogP contribution in [-0.2, 0) is 20.9 Å². The van der Waals surface area contributed by atoms with Crippen LogP contribution in [0.4, 0.5) is 11.4 Å². The van der Waals surface area contributed by atoms with Gasteiger partial charge in [0.1, 0.15) is 6.61 Å². The smallest absolute Gasteiger partial charge is 0.338 e. The van der Waals surface area contributed by atoms with Crippen LogP contribution in [0.1, 0.15) is 22.8 Å². The van der Waals surface area contributed by atoms with Crippen LogP contribution in [0, 0.1) is 5.92 Å². The standard InChI is InChI=1S/C19H15N3O4/c1-11-16(18(24)22(21-11)14-5-3-2-4-6-14)17(23)20-13-8-7-12-10-26-19(25)15(12)9-13/h2-9,16H,10H2,1H3,(H,20,23). The van der Waals surface area contributed by atoms with Crippen molar-refractivity contribution in [3.05, 3.63) is 59.7 Å². The van der Waals surface area contributed by atoms with E-state index in [0.29, 0.717) is 22.6 Å². The Kier molecular flexibility index (Phi) is 3.76. The van der Waals surface area contributed by atoms with Crippen molar-refractivity contribution in [3.8, 4) is 0 Å². The second kappa shape index (κ2) is 6.11. The van der Waals surface area contributed by atoms with Gasteiger partial charge in [-0.1, -0.05) is 24.3 Å². The topological polar surface area (TPSA) is 88.1 Å². The molecule has 1 N–H and O–H groups in total. The number of rotatable bonds is 3. The fourth-order valence-electron chi connectivity index (χ4n) is 3.03. The molecule has 0 bridgehead atoms. The zero-order chi connectivity index (χ0) is 18.3. The first-order valence-electron chi connectivity index (χ1n) is 8.09. The molecule has 2 aliphatic heterocycles. The normalized spacial score (nSPS) is 18.4. The summed E-state index contributed by atoms with van der Waals surface area (Å²) < 4.78 is 4.95. The van der Waals surface area contributed by atoms with Gasteiger partial charge in [-0.25, -0.2) is 4.79 Å². The Morgan fingerprint density at radius 3 is 2.73 bits per heavy atom. The Morgan fingerprint density at radius 2 is 1.96 bits per heavy atom. The van der Waals surface area contributed by atoms with E-state index in [4.69, 9.17) is 4.74 Å². The molecule has 2 aliphatic rings. The number of para-hydroxylation sites is 1. The molecule has 0 fully saturated rings. The third-order valence-electron chi connectivity index (χ3n) is 4.35. The first-order chi connectivity index (χ1) is 12.5. The van der Waals surface area contributed by atoms with Crippen molar-refractivity contribution in [3.63, 3.8) is 0 Å². The van der Waals surface area contributed by atoms with E-state index in [9.17, 15) is 14.4 Å². The van der Waals surface area contributed by atoms with Crippen molar-refractivity contribution < 1.29 is 19.1 Å². The Labute approximate surface area is 149 Å². The van der Waals surface area contributed by atoms with E-state index in [2.05, 4.69) is 10.4 Å². The molecule has 26 heavy (non-hydrogen) atoms. The molecule has 7 heteroatoms. The summed E-state index contributed by atoms with van der Waals surface area (Å²) in [6, 6.07) is 13.9. The third-order valence-corrected chi connectivity index (χ3v) is 4.35. The van der Waals surface area contributed by atoms with Crippen molar-refractivity contribution in [1.82, 2.24) is 0 Å². The fourth-order valence-corrected chi connectivity index (χ4v) is 3.03. The highest BCUT2D eigenvalue weighted by Crippen LogP contribution is 2.26. The highest BCUT2D eigenvalue weighted by Gasteiger charge is 2.39. The Hall–Kier alpha value is -3.48. The lowest BCUT2D eigenvalue weighted by molar-refractivity contribution is -0.127. The summed E-state index contributed by atoms with van der Waals surface area (Å²) in [6.45, 7) is 1.88. The number of fused-ring (bicyclic) bond motifs is 1. The first-order valence-corrected chi connectivity index (χ1v) is 8.09. The maximum atomic E-state index is 12.7. The average Bonchev–Trinajstić information content (AvgIpc) is 3.15. The number of cyclic esters (lactones) is 1. The maximum Gasteiger partial charge on any atom is 0.338 e. The number of ether oxygens (including phenoxy) is 1. The van der Waals surface area contributed by atoms with Gasteiger partial charge in [-0.15, -0.1) is 0 Å². The van der Waals surface area contributed by atoms with Crippen LogP contribution in [0.25, 0.3) is 0 Å². The SMILES string of the molecule is CC1=NN(c2ccccc2)C(=O)C1C(=O)Nc1ccc2c(c1)C(=O)OC2. The highest BCUT2D eigenvalue weighted by atomic mass is 16.5. The van der Waals surface area contributed by atoms with E-state index in [0.717, 1.165) is 5.56 Å². The number of hydrogen-bond acceptors (Lipinski definition) is 5. The van der Waals surface area contributed by atoms with Crippen molar-refractivity contribution >= 4 is 34.9 Å². The number of hydrazone groups is 1. The minimum Gasteiger partial charge on any atom is -0.457 e. The number of carbonyl (C=O) groups is 3. The van der Waals surface area contributed by atoms with Crippen LogP contribution < -0.4 is 10.3 Å². The van der Waals surface area contributed by atoms with Gasteiger partial charge < -0.3 is 10.1 Å². The van der Waals surface area contributed by atoms with Crippen LogP contribution in [-0.4, -0.2) is 23.5 Å². The second-order valence-electron chi connectivity index (χ2n) is 6.10. The van der Waals surface area contributed by atoms with Crippen molar-refractivity contribution in [1.29, 1.82) is 0 Å². The number of carbonyl (C=O) groups excluding carboxylic acids is 3. The number of hydrogen-bond donors (Lipinski definition) is 1. The molecule has 130 valence electrons. The summed E-state index contributed by atoms with van der Waals surface area (Å²) in [6.07, 6.45) is 0. The van der Waals surface area contributed by atoms with E-state index in [1.807, 2.05) is 6.07 Å². The lowest BCUT2D eigenvalue weighted by Gasteiger charge is -2.14. The Bertz CT molecular complexity index is 953. The maximum absolute atomic E-state index is 12.7. The van der Waals surface area contributed by atoms with Gasteiger partial charge in [-0.3, -0.25) is 9.59 Å². The lowest BCUT2D eigenvalue weighted by Crippen LogP contribution is -2.36. The molecule has 0 aromatic heterocycles. The van der Waals surface area contributed by atoms with Gasteiger partial charge in [-0.05, 0) is 31.2 Å². The first kappa shape index (κ1) is 16.0. The number of amides is 2. The minimum absolute atomic E-state index is 0.237. The van der Waals surface area contributed by atoms with Gasteiger partial charge in [0.15, 0.2) is 5.92 Å². The summed E-state index contributed by atoms with van der Waals surface area (Å²) >= 11 is 0. The number of nitrogens with zero attached hydrogens (tertiary/aromatic N) is 2. The Morgan fingerprint density at radius 1 is 1.19 bits per heavy atom. The molecule has 0 saturated heterocycles. The molecule has 0 aliphatic carbocycles. The predicted molar refractivity (Wildman–Crippen MR) is 94.7 cm³/mol. The molecule has 4 rings (SSSR count). The predicted octanol–water partition coefficient (Wildman–Crippen LogP) is 2.33. The lowest BCUT2D eigenvalue weighted by atomic mass is 10.0. The van der Waals surface area contributed by atoms with Crippen LogP contribution in [0.5, 0.6) is 0 Å². The van der Waals surface area contributed by atoms with Gasteiger partial charge in [0.05, 0.1) is 17.0 Å². The molecule has 2 aromatic carbocycles. The van der Waals surface area contributed by atoms with Crippen LogP contribution in [0.15, 0.2) is 53.6 Å². The fraction of sp³-hybridized carbons (Fsp3) is 0.158. The van der Waals surface area contributed by atoms with Gasteiger partial charge in [0.2, 0.25) is 5.91 Å². The summed E-state index contributed by atoms with van der Waals surface area (Å²) in [4.78, 5) is 37.0. The summed E-state index contributed by atoms with van der Waals surface area (Å²) in [5, 5.41) is 8.15. The van der Waals surface area contributed by atoms with Gasteiger partial charge in [0, 0.05) is 11.3 Å². The van der Waals surface area contributed by atoms with Crippen molar-refractivity contribution in [2.24, 2.45) is 11.0 Å². The number of nitrogens with one attached hydrogen (secondary N) is 1. The van der Waals surface area contributed by atoms with Gasteiger partial charge >= 0.3 is 5.97 Å². The minimum atomic E-state index is -1.00. The summed E-state index contributed by atoms with van der Waals surface area (Å²) in [5.41, 5.74) is 2.66. The molecule has 1 unspecified atom stereocenters. The molecule has 2 amide bonds. The molecule has 0 radical (unpaired) electrons. The summed E-state index contributed by atoms with van der Waals surface area (Å²) in [7, 11) is 0. The molecule has 2 heterocycles. The van der Waals surface area contributed by atoms with Crippen molar-refractivity contribution in [2.45, 2.75) is 13.5 Å². The zero-order valence-electron chi connectivity index (χ0n) is 13.9. The molecule has 1 atom stereocenters. The third kappa shape index (κ3) is 2.63. The number of esters is 1. The monoisotopic (exact) mass is 349 g/mol. The second-order valence-corrected chi connectivity index (χ2v) is 6.10. The molecular weight excluding hydrogens is 334 g/mol. The van der Waals surface area contributed by atoms with Gasteiger partial charge in [-0.2, -0.15) is 10.1 Å². The molecule has 7 nitrogen and oxygen atoms in total. The van der Waals surface area contributed by atoms with Crippen LogP contribution in [0.3, 0.4) is 0 Å².